The van der Waals surface area contributed by atoms with Gasteiger partial charge in [0.05, 0.1) is 12.1 Å². The molecule has 6 rings (SSSR count). The maximum atomic E-state index is 11.5. The Labute approximate surface area is 184 Å². The van der Waals surface area contributed by atoms with Gasteiger partial charge >= 0.3 is 0 Å². The second kappa shape index (κ2) is 7.70. The van der Waals surface area contributed by atoms with Crippen molar-refractivity contribution in [3.63, 3.8) is 0 Å². The Kier molecular flexibility index (Phi) is 4.69. The van der Waals surface area contributed by atoms with Crippen LogP contribution in [0.25, 0.3) is 21.0 Å². The molecule has 0 saturated carbocycles. The molecule has 2 aliphatic heterocycles. The molecule has 158 valence electrons. The monoisotopic (exact) mass is 431 g/mol. The van der Waals surface area contributed by atoms with Crippen LogP contribution in [-0.2, 0) is 6.42 Å². The van der Waals surface area contributed by atoms with E-state index >= 15 is 0 Å². The second-order valence-corrected chi connectivity index (χ2v) is 9.45. The number of piperazine rings is 1. The lowest BCUT2D eigenvalue weighted by Gasteiger charge is -2.45. The molecule has 4 aromatic rings. The van der Waals surface area contributed by atoms with Crippen LogP contribution >= 0.6 is 11.3 Å². The molecule has 2 aromatic carbocycles. The predicted molar refractivity (Wildman–Crippen MR) is 128 cm³/mol. The van der Waals surface area contributed by atoms with E-state index in [-0.39, 0.29) is 5.56 Å². The average molecular weight is 432 g/mol. The summed E-state index contributed by atoms with van der Waals surface area (Å²) in [5.41, 5.74) is 3.69. The molecule has 1 unspecified atom stereocenters. The summed E-state index contributed by atoms with van der Waals surface area (Å²) in [6.45, 7) is 5.04. The molecule has 2 aromatic heterocycles. The number of aromatic nitrogens is 1. The van der Waals surface area contributed by atoms with E-state index in [0.717, 1.165) is 55.7 Å². The van der Waals surface area contributed by atoms with Gasteiger partial charge in [0, 0.05) is 60.1 Å². The summed E-state index contributed by atoms with van der Waals surface area (Å²) in [5, 5.41) is 4.86. The molecule has 0 bridgehead atoms. The highest BCUT2D eigenvalue weighted by atomic mass is 32.1. The minimum absolute atomic E-state index is 0.0858. The third-order valence-electron chi connectivity index (χ3n) is 6.57. The van der Waals surface area contributed by atoms with Gasteiger partial charge in [-0.15, -0.1) is 11.3 Å². The van der Waals surface area contributed by atoms with E-state index in [0.29, 0.717) is 12.6 Å². The first kappa shape index (κ1) is 18.9. The Morgan fingerprint density at radius 1 is 1.13 bits per heavy atom. The van der Waals surface area contributed by atoms with Gasteiger partial charge in [-0.1, -0.05) is 6.07 Å². The summed E-state index contributed by atoms with van der Waals surface area (Å²) in [7, 11) is 0. The number of H-pyrrole nitrogens is 1. The van der Waals surface area contributed by atoms with Crippen LogP contribution in [0, 0.1) is 0 Å². The maximum Gasteiger partial charge on any atom is 0.248 e. The smallest absolute Gasteiger partial charge is 0.248 e. The normalized spacial score (nSPS) is 18.5. The molecule has 4 heterocycles. The standard InChI is InChI=1S/C25H25N3O2S/c29-24-8-6-17-5-7-20(14-21(17)26-24)30-12-2-9-27-10-11-28-19(15-27)13-18-16-31-23-4-1-3-22(28)25(18)23/h1,3-8,14,16,19H,2,9-13,15H2,(H,26,29). The molecule has 0 amide bonds. The highest BCUT2D eigenvalue weighted by molar-refractivity contribution is 7.17. The Morgan fingerprint density at radius 3 is 3.03 bits per heavy atom. The van der Waals surface area contributed by atoms with Crippen molar-refractivity contribution in [2.45, 2.75) is 18.9 Å². The van der Waals surface area contributed by atoms with Gasteiger partial charge in [-0.05, 0) is 59.5 Å². The molecule has 2 aliphatic rings. The van der Waals surface area contributed by atoms with Gasteiger partial charge in [0.25, 0.3) is 0 Å². The molecule has 1 N–H and O–H groups in total. The third kappa shape index (κ3) is 3.50. The van der Waals surface area contributed by atoms with E-state index < -0.39 is 0 Å². The van der Waals surface area contributed by atoms with Crippen LogP contribution in [0.2, 0.25) is 0 Å². The summed E-state index contributed by atoms with van der Waals surface area (Å²) in [6, 6.07) is 16.6. The number of anilines is 1. The van der Waals surface area contributed by atoms with Crippen LogP contribution in [0.15, 0.2) is 58.7 Å². The number of benzene rings is 2. The van der Waals surface area contributed by atoms with Crippen molar-refractivity contribution in [2.75, 3.05) is 37.7 Å². The van der Waals surface area contributed by atoms with Crippen LogP contribution in [0.1, 0.15) is 12.0 Å². The van der Waals surface area contributed by atoms with Crippen LogP contribution in [0.3, 0.4) is 0 Å². The summed E-state index contributed by atoms with van der Waals surface area (Å²) < 4.78 is 7.39. The number of hydrogen-bond donors (Lipinski definition) is 1. The van der Waals surface area contributed by atoms with E-state index in [9.17, 15) is 4.79 Å². The van der Waals surface area contributed by atoms with E-state index in [1.54, 1.807) is 6.07 Å². The Balaban J connectivity index is 1.05. The quantitative estimate of drug-likeness (QED) is 0.480. The molecule has 31 heavy (non-hydrogen) atoms. The van der Waals surface area contributed by atoms with Crippen LogP contribution in [0.4, 0.5) is 5.69 Å². The van der Waals surface area contributed by atoms with Gasteiger partial charge < -0.3 is 14.6 Å². The number of pyridine rings is 1. The van der Waals surface area contributed by atoms with Gasteiger partial charge in [-0.25, -0.2) is 0 Å². The maximum absolute atomic E-state index is 11.5. The number of fused-ring (bicyclic) bond motifs is 3. The van der Waals surface area contributed by atoms with Gasteiger partial charge in [0.2, 0.25) is 5.56 Å². The van der Waals surface area contributed by atoms with Gasteiger partial charge in [-0.2, -0.15) is 0 Å². The van der Waals surface area contributed by atoms with Crippen LogP contribution in [0.5, 0.6) is 5.75 Å². The largest absolute Gasteiger partial charge is 0.493 e. The van der Waals surface area contributed by atoms with E-state index in [1.165, 1.54) is 21.3 Å². The van der Waals surface area contributed by atoms with Gasteiger partial charge in [0.15, 0.2) is 0 Å². The lowest BCUT2D eigenvalue weighted by molar-refractivity contribution is 0.199. The third-order valence-corrected chi connectivity index (χ3v) is 7.57. The summed E-state index contributed by atoms with van der Waals surface area (Å²) in [5.74, 6) is 0.810. The Morgan fingerprint density at radius 2 is 2.06 bits per heavy atom. The van der Waals surface area contributed by atoms with Crippen molar-refractivity contribution in [1.82, 2.24) is 9.88 Å². The number of nitrogens with zero attached hydrogens (tertiary/aromatic N) is 2. The van der Waals surface area contributed by atoms with E-state index in [1.807, 2.05) is 35.6 Å². The van der Waals surface area contributed by atoms with Gasteiger partial charge in [-0.3, -0.25) is 9.69 Å². The second-order valence-electron chi connectivity index (χ2n) is 8.54. The first-order valence-electron chi connectivity index (χ1n) is 11.0. The number of nitrogens with one attached hydrogen (secondary N) is 1. The highest BCUT2D eigenvalue weighted by Gasteiger charge is 2.32. The first-order chi connectivity index (χ1) is 15.2. The SMILES string of the molecule is O=c1ccc2ccc(OCCCN3CCN4c5cccc6scc(c56)CC4C3)cc2[nH]1. The van der Waals surface area contributed by atoms with Crippen molar-refractivity contribution >= 4 is 38.0 Å². The zero-order valence-electron chi connectivity index (χ0n) is 17.3. The van der Waals surface area contributed by atoms with Crippen molar-refractivity contribution < 1.29 is 4.74 Å². The number of hydrogen-bond acceptors (Lipinski definition) is 5. The molecule has 0 aliphatic carbocycles. The summed E-state index contributed by atoms with van der Waals surface area (Å²) >= 11 is 1.88. The minimum Gasteiger partial charge on any atom is -0.493 e. The van der Waals surface area contributed by atoms with E-state index in [4.69, 9.17) is 4.74 Å². The van der Waals surface area contributed by atoms with Crippen LogP contribution < -0.4 is 15.2 Å². The summed E-state index contributed by atoms with van der Waals surface area (Å²) in [6.07, 6.45) is 2.15. The molecular weight excluding hydrogens is 406 g/mol. The summed E-state index contributed by atoms with van der Waals surface area (Å²) in [4.78, 5) is 19.6. The molecule has 0 spiro atoms. The molecule has 1 saturated heterocycles. The molecule has 1 fully saturated rings. The zero-order valence-corrected chi connectivity index (χ0v) is 18.2. The molecular formula is C25H25N3O2S. The molecule has 0 radical (unpaired) electrons. The minimum atomic E-state index is -0.0858. The first-order valence-corrected chi connectivity index (χ1v) is 11.9. The number of ether oxygens (including phenoxy) is 1. The molecule has 5 nitrogen and oxygen atoms in total. The number of aromatic amines is 1. The zero-order chi connectivity index (χ0) is 20.8. The van der Waals surface area contributed by atoms with E-state index in [2.05, 4.69) is 38.4 Å². The lowest BCUT2D eigenvalue weighted by Crippen LogP contribution is -2.55. The fourth-order valence-corrected chi connectivity index (χ4v) is 6.08. The highest BCUT2D eigenvalue weighted by Crippen LogP contribution is 2.40. The van der Waals surface area contributed by atoms with Crippen LogP contribution in [-0.4, -0.2) is 48.7 Å². The average Bonchev–Trinajstić information content (AvgIpc) is 3.20. The lowest BCUT2D eigenvalue weighted by atomic mass is 9.94. The molecule has 1 atom stereocenters. The van der Waals surface area contributed by atoms with Crippen molar-refractivity contribution in [3.05, 3.63) is 69.8 Å². The fraction of sp³-hybridized carbons (Fsp3) is 0.320. The molecule has 6 heteroatoms. The Hall–Kier alpha value is -2.83. The topological polar surface area (TPSA) is 48.6 Å². The van der Waals surface area contributed by atoms with Gasteiger partial charge in [0.1, 0.15) is 5.75 Å². The Bertz CT molecular complexity index is 1310. The number of thiophene rings is 1. The van der Waals surface area contributed by atoms with Crippen molar-refractivity contribution in [2.24, 2.45) is 0 Å². The predicted octanol–water partition coefficient (Wildman–Crippen LogP) is 4.26. The fourth-order valence-electron chi connectivity index (χ4n) is 5.09. The number of rotatable bonds is 5. The van der Waals surface area contributed by atoms with Crippen molar-refractivity contribution in [3.8, 4) is 5.75 Å². The van der Waals surface area contributed by atoms with Crippen molar-refractivity contribution in [1.29, 1.82) is 0 Å².